The Balaban J connectivity index is 1.26. The van der Waals surface area contributed by atoms with Gasteiger partial charge in [-0.1, -0.05) is 5.11 Å². The number of nitrogens with zero attached hydrogens (tertiary/aromatic N) is 4. The van der Waals surface area contributed by atoms with Gasteiger partial charge in [0.1, 0.15) is 5.82 Å². The number of azide groups is 1. The van der Waals surface area contributed by atoms with Crippen LogP contribution in [0, 0.1) is 0 Å². The molecule has 0 aliphatic carbocycles. The van der Waals surface area contributed by atoms with Gasteiger partial charge in [-0.05, 0) is 41.4 Å². The number of anilines is 3. The zero-order valence-electron chi connectivity index (χ0n) is 18.7. The molecule has 1 aliphatic heterocycles. The number of rotatable bonds is 15. The molecule has 3 N–H and O–H groups in total. The number of benzene rings is 1. The number of pyridine rings is 1. The quantitative estimate of drug-likeness (QED) is 0.156. The van der Waals surface area contributed by atoms with E-state index in [-0.39, 0.29) is 11.8 Å². The maximum atomic E-state index is 12.5. The van der Waals surface area contributed by atoms with Crippen molar-refractivity contribution in [1.82, 2.24) is 4.98 Å². The van der Waals surface area contributed by atoms with Crippen LogP contribution in [0.4, 0.5) is 17.2 Å². The Morgan fingerprint density at radius 1 is 1.09 bits per heavy atom. The molecule has 0 radical (unpaired) electrons. The van der Waals surface area contributed by atoms with Crippen molar-refractivity contribution in [3.05, 3.63) is 58.1 Å². The van der Waals surface area contributed by atoms with Crippen LogP contribution in [0.15, 0.2) is 41.6 Å². The van der Waals surface area contributed by atoms with Gasteiger partial charge in [-0.15, -0.1) is 0 Å². The Bertz CT molecular complexity index is 1010. The third-order valence-electron chi connectivity index (χ3n) is 4.71. The van der Waals surface area contributed by atoms with Crippen LogP contribution in [-0.2, 0) is 25.4 Å². The van der Waals surface area contributed by atoms with Crippen LogP contribution in [0.2, 0.25) is 0 Å². The molecule has 2 aromatic rings. The normalized spacial score (nSPS) is 11.9. The van der Waals surface area contributed by atoms with Crippen LogP contribution >= 0.6 is 0 Å². The van der Waals surface area contributed by atoms with Gasteiger partial charge in [0.2, 0.25) is 5.91 Å². The highest BCUT2D eigenvalue weighted by molar-refractivity contribution is 6.05. The Hall–Kier alpha value is -3.70. The van der Waals surface area contributed by atoms with E-state index in [4.69, 9.17) is 19.7 Å². The highest BCUT2D eigenvalue weighted by Crippen LogP contribution is 2.26. The second-order valence-electron chi connectivity index (χ2n) is 7.20. The van der Waals surface area contributed by atoms with Crippen molar-refractivity contribution in [2.24, 2.45) is 5.11 Å². The molecule has 0 fully saturated rings. The maximum Gasteiger partial charge on any atom is 0.257 e. The van der Waals surface area contributed by atoms with Gasteiger partial charge in [-0.2, -0.15) is 0 Å². The molecule has 0 unspecified atom stereocenters. The lowest BCUT2D eigenvalue weighted by atomic mass is 10.1. The van der Waals surface area contributed by atoms with Gasteiger partial charge in [0.05, 0.1) is 51.6 Å². The molecule has 12 heteroatoms. The molecule has 1 aromatic carbocycles. The van der Waals surface area contributed by atoms with Crippen molar-refractivity contribution in [2.75, 3.05) is 68.7 Å². The number of hydrogen-bond donors (Lipinski definition) is 3. The van der Waals surface area contributed by atoms with E-state index in [1.807, 2.05) is 0 Å². The first-order valence-corrected chi connectivity index (χ1v) is 10.8. The molecule has 1 aromatic heterocycles. The number of nitrogens with one attached hydrogen (secondary N) is 3. The topological polar surface area (TPSA) is 160 Å². The minimum atomic E-state index is -0.277. The van der Waals surface area contributed by atoms with Crippen LogP contribution in [0.5, 0.6) is 0 Å². The number of ether oxygens (including phenoxy) is 3. The van der Waals surface area contributed by atoms with Crippen LogP contribution in [0.25, 0.3) is 10.4 Å². The van der Waals surface area contributed by atoms with E-state index >= 15 is 0 Å². The van der Waals surface area contributed by atoms with E-state index in [0.29, 0.717) is 76.2 Å². The minimum absolute atomic E-state index is 0.0497. The Morgan fingerprint density at radius 3 is 2.59 bits per heavy atom. The molecule has 180 valence electrons. The first kappa shape index (κ1) is 24.9. The van der Waals surface area contributed by atoms with E-state index in [0.717, 1.165) is 11.3 Å². The summed E-state index contributed by atoms with van der Waals surface area (Å²) in [7, 11) is 0. The Morgan fingerprint density at radius 2 is 1.85 bits per heavy atom. The van der Waals surface area contributed by atoms with Gasteiger partial charge in [0, 0.05) is 35.6 Å². The number of hydrogen-bond acceptors (Lipinski definition) is 8. The molecule has 2 heterocycles. The third-order valence-corrected chi connectivity index (χ3v) is 4.71. The van der Waals surface area contributed by atoms with Crippen molar-refractivity contribution in [3.8, 4) is 0 Å². The lowest BCUT2D eigenvalue weighted by Gasteiger charge is -2.09. The molecule has 12 nitrogen and oxygen atoms in total. The van der Waals surface area contributed by atoms with Crippen molar-refractivity contribution < 1.29 is 23.8 Å². The molecular weight excluding hydrogens is 442 g/mol. The van der Waals surface area contributed by atoms with Crippen LogP contribution in [-0.4, -0.2) is 69.5 Å². The van der Waals surface area contributed by atoms with Crippen LogP contribution in [0.3, 0.4) is 0 Å². The van der Waals surface area contributed by atoms with Crippen molar-refractivity contribution in [2.45, 2.75) is 6.42 Å². The Labute approximate surface area is 196 Å². The summed E-state index contributed by atoms with van der Waals surface area (Å²) in [5, 5.41) is 12.1. The number of aromatic nitrogens is 1. The van der Waals surface area contributed by atoms with E-state index in [2.05, 4.69) is 31.0 Å². The zero-order valence-corrected chi connectivity index (χ0v) is 18.7. The van der Waals surface area contributed by atoms with Gasteiger partial charge in [-0.25, -0.2) is 4.98 Å². The molecule has 3 rings (SSSR count). The molecule has 0 saturated carbocycles. The highest BCUT2D eigenvalue weighted by atomic mass is 16.5. The van der Waals surface area contributed by atoms with E-state index in [9.17, 15) is 9.59 Å². The molecule has 2 amide bonds. The van der Waals surface area contributed by atoms with Gasteiger partial charge >= 0.3 is 0 Å². The molecule has 0 atom stereocenters. The summed E-state index contributed by atoms with van der Waals surface area (Å²) in [5.74, 6) is 0.309. The molecule has 1 aliphatic rings. The fourth-order valence-corrected chi connectivity index (χ4v) is 3.09. The van der Waals surface area contributed by atoms with Crippen molar-refractivity contribution in [3.63, 3.8) is 0 Å². The fourth-order valence-electron chi connectivity index (χ4n) is 3.09. The summed E-state index contributed by atoms with van der Waals surface area (Å²) in [6.07, 6.45) is 1.81. The molecule has 0 spiro atoms. The maximum absolute atomic E-state index is 12.5. The summed E-state index contributed by atoms with van der Waals surface area (Å²) >= 11 is 0. The first-order chi connectivity index (χ1) is 16.7. The predicted molar refractivity (Wildman–Crippen MR) is 126 cm³/mol. The second-order valence-corrected chi connectivity index (χ2v) is 7.20. The van der Waals surface area contributed by atoms with Gasteiger partial charge in [0.25, 0.3) is 5.91 Å². The lowest BCUT2D eigenvalue weighted by molar-refractivity contribution is -0.115. The monoisotopic (exact) mass is 469 g/mol. The highest BCUT2D eigenvalue weighted by Gasteiger charge is 2.18. The van der Waals surface area contributed by atoms with E-state index in [1.54, 1.807) is 30.3 Å². The summed E-state index contributed by atoms with van der Waals surface area (Å²) in [6, 6.07) is 8.74. The van der Waals surface area contributed by atoms with Gasteiger partial charge in [-0.3, -0.25) is 9.59 Å². The number of fused-ring (bicyclic) bond motifs is 1. The fraction of sp³-hybridized carbons (Fsp3) is 0.409. The zero-order chi connectivity index (χ0) is 24.0. The molecule has 34 heavy (non-hydrogen) atoms. The number of carbonyl (C=O) groups excluding carboxylic acids is 2. The smallest absolute Gasteiger partial charge is 0.257 e. The third kappa shape index (κ3) is 8.34. The summed E-state index contributed by atoms with van der Waals surface area (Å²) in [6.45, 7) is 3.53. The van der Waals surface area contributed by atoms with Gasteiger partial charge < -0.3 is 30.2 Å². The molecular formula is C22H27N7O5. The average molecular weight is 470 g/mol. The molecule has 0 bridgehead atoms. The number of amides is 2. The second kappa shape index (κ2) is 13.8. The van der Waals surface area contributed by atoms with Crippen molar-refractivity contribution >= 4 is 29.0 Å². The standard InChI is InChI=1S/C22H27N7O5/c23-29-26-6-8-33-10-12-34-11-9-32-7-5-24-20-4-1-16(15-25-20)22(31)27-18-2-3-19-17(13-18)14-21(30)28-19/h1-4,13,15H,5-12,14H2,(H,24,25)(H,27,31)(H,28,30). The van der Waals surface area contributed by atoms with Crippen molar-refractivity contribution in [1.29, 1.82) is 0 Å². The van der Waals surface area contributed by atoms with E-state index < -0.39 is 0 Å². The largest absolute Gasteiger partial charge is 0.379 e. The predicted octanol–water partition coefficient (Wildman–Crippen LogP) is 2.60. The van der Waals surface area contributed by atoms with Gasteiger partial charge in [0.15, 0.2) is 0 Å². The Kier molecular flexibility index (Phi) is 10.1. The lowest BCUT2D eigenvalue weighted by Crippen LogP contribution is -2.15. The van der Waals surface area contributed by atoms with Crippen LogP contribution in [0.1, 0.15) is 15.9 Å². The number of carbonyl (C=O) groups is 2. The summed E-state index contributed by atoms with van der Waals surface area (Å²) in [5.41, 5.74) is 10.8. The molecule has 0 saturated heterocycles. The minimum Gasteiger partial charge on any atom is -0.379 e. The first-order valence-electron chi connectivity index (χ1n) is 10.8. The average Bonchev–Trinajstić information content (AvgIpc) is 3.21. The van der Waals surface area contributed by atoms with E-state index in [1.165, 1.54) is 6.20 Å². The van der Waals surface area contributed by atoms with Crippen LogP contribution < -0.4 is 16.0 Å². The summed E-state index contributed by atoms with van der Waals surface area (Å²) < 4.78 is 16.1. The SMILES string of the molecule is [N-]=[N+]=NCCOCCOCCOCCNc1ccc(C(=O)Nc2ccc3c(c2)CC(=O)N3)cn1. The summed E-state index contributed by atoms with van der Waals surface area (Å²) in [4.78, 5) is 30.8.